The van der Waals surface area contributed by atoms with Gasteiger partial charge >= 0.3 is 5.97 Å². The van der Waals surface area contributed by atoms with Crippen LogP contribution >= 0.6 is 0 Å². The van der Waals surface area contributed by atoms with Gasteiger partial charge in [0.15, 0.2) is 6.61 Å². The molecule has 1 fully saturated rings. The molecule has 1 heterocycles. The number of esters is 1. The number of carbonyl (C=O) groups is 4. The lowest BCUT2D eigenvalue weighted by Crippen LogP contribution is -2.31. The Morgan fingerprint density at radius 1 is 1.00 bits per heavy atom. The van der Waals surface area contributed by atoms with Crippen LogP contribution in [0, 0.1) is 11.8 Å². The van der Waals surface area contributed by atoms with Crippen LogP contribution in [-0.2, 0) is 19.1 Å². The molecule has 2 aromatic rings. The molecule has 2 aliphatic rings. The number of hydrogen-bond donors (Lipinski definition) is 1. The van der Waals surface area contributed by atoms with Crippen molar-refractivity contribution in [2.24, 2.45) is 11.8 Å². The van der Waals surface area contributed by atoms with Gasteiger partial charge in [0, 0.05) is 5.69 Å². The van der Waals surface area contributed by atoms with Gasteiger partial charge < -0.3 is 14.8 Å². The molecule has 0 bridgehead atoms. The van der Waals surface area contributed by atoms with Crippen LogP contribution in [0.25, 0.3) is 0 Å². The first-order valence-corrected chi connectivity index (χ1v) is 10.2. The quantitative estimate of drug-likeness (QED) is 0.426. The van der Waals surface area contributed by atoms with Crippen molar-refractivity contribution in [1.82, 2.24) is 0 Å². The molecule has 32 heavy (non-hydrogen) atoms. The number of fused-ring (bicyclic) bond motifs is 1. The third-order valence-electron chi connectivity index (χ3n) is 5.56. The van der Waals surface area contributed by atoms with E-state index in [1.165, 1.54) is 12.1 Å². The van der Waals surface area contributed by atoms with E-state index in [-0.39, 0.29) is 29.2 Å². The van der Waals surface area contributed by atoms with Crippen molar-refractivity contribution in [2.45, 2.75) is 12.8 Å². The molecule has 0 aromatic heterocycles. The Kier molecular flexibility index (Phi) is 6.02. The number of amides is 3. The monoisotopic (exact) mass is 434 g/mol. The predicted octanol–water partition coefficient (Wildman–Crippen LogP) is 2.95. The summed E-state index contributed by atoms with van der Waals surface area (Å²) >= 11 is 0. The molecule has 0 saturated carbocycles. The maximum absolute atomic E-state index is 12.8. The molecule has 1 aliphatic heterocycles. The molecule has 0 unspecified atom stereocenters. The Morgan fingerprint density at radius 3 is 2.28 bits per heavy atom. The molecule has 3 amide bonds. The highest BCUT2D eigenvalue weighted by Crippen LogP contribution is 2.37. The molecule has 1 N–H and O–H groups in total. The lowest BCUT2D eigenvalue weighted by atomic mass is 9.85. The van der Waals surface area contributed by atoms with Gasteiger partial charge in [-0.1, -0.05) is 18.2 Å². The zero-order valence-corrected chi connectivity index (χ0v) is 17.4. The van der Waals surface area contributed by atoms with Crippen LogP contribution in [0.1, 0.15) is 23.2 Å². The van der Waals surface area contributed by atoms with Gasteiger partial charge in [0.05, 0.1) is 30.2 Å². The summed E-state index contributed by atoms with van der Waals surface area (Å²) in [5, 5.41) is 2.62. The Morgan fingerprint density at radius 2 is 1.66 bits per heavy atom. The number of methoxy groups -OCH3 is 1. The molecule has 8 heteroatoms. The maximum atomic E-state index is 12.8. The largest absolute Gasteiger partial charge is 0.497 e. The lowest BCUT2D eigenvalue weighted by molar-refractivity contribution is -0.122. The zero-order valence-electron chi connectivity index (χ0n) is 17.4. The highest BCUT2D eigenvalue weighted by molar-refractivity contribution is 6.22. The van der Waals surface area contributed by atoms with Crippen molar-refractivity contribution >= 4 is 35.1 Å². The number of nitrogens with zero attached hydrogens (tertiary/aromatic N) is 1. The molecule has 2 aromatic carbocycles. The summed E-state index contributed by atoms with van der Waals surface area (Å²) in [7, 11) is 1.54. The summed E-state index contributed by atoms with van der Waals surface area (Å²) in [5.41, 5.74) is 1.01. The second-order valence-corrected chi connectivity index (χ2v) is 7.57. The van der Waals surface area contributed by atoms with Crippen molar-refractivity contribution in [3.63, 3.8) is 0 Å². The third kappa shape index (κ3) is 4.25. The number of imide groups is 1. The van der Waals surface area contributed by atoms with Crippen LogP contribution in [-0.4, -0.2) is 37.4 Å². The van der Waals surface area contributed by atoms with Crippen LogP contribution in [0.4, 0.5) is 11.4 Å². The predicted molar refractivity (Wildman–Crippen MR) is 116 cm³/mol. The first-order chi connectivity index (χ1) is 15.5. The van der Waals surface area contributed by atoms with Crippen LogP contribution in [0.2, 0.25) is 0 Å². The van der Waals surface area contributed by atoms with Crippen LogP contribution < -0.4 is 15.0 Å². The SMILES string of the molecule is COc1ccc(NC(=O)COC(=O)c2cccc(N3C(=O)[C@H]4CC=CC[C@H]4C3=O)c2)cc1. The second kappa shape index (κ2) is 9.05. The molecule has 0 spiro atoms. The number of anilines is 2. The van der Waals surface area contributed by atoms with Gasteiger partial charge in [-0.15, -0.1) is 0 Å². The number of allylic oxidation sites excluding steroid dienone is 2. The van der Waals surface area contributed by atoms with Crippen molar-refractivity contribution < 1.29 is 28.7 Å². The molecule has 1 aliphatic carbocycles. The minimum Gasteiger partial charge on any atom is -0.497 e. The van der Waals surface area contributed by atoms with E-state index >= 15 is 0 Å². The Hall–Kier alpha value is -3.94. The van der Waals surface area contributed by atoms with Gasteiger partial charge in [0.1, 0.15) is 5.75 Å². The van der Waals surface area contributed by atoms with E-state index in [2.05, 4.69) is 5.32 Å². The highest BCUT2D eigenvalue weighted by Gasteiger charge is 2.47. The second-order valence-electron chi connectivity index (χ2n) is 7.57. The first-order valence-electron chi connectivity index (χ1n) is 10.2. The lowest BCUT2D eigenvalue weighted by Gasteiger charge is -2.15. The third-order valence-corrected chi connectivity index (χ3v) is 5.56. The van der Waals surface area contributed by atoms with E-state index in [0.29, 0.717) is 30.0 Å². The van der Waals surface area contributed by atoms with Crippen LogP contribution in [0.3, 0.4) is 0 Å². The molecule has 2 atom stereocenters. The minimum absolute atomic E-state index is 0.147. The minimum atomic E-state index is -0.727. The first kappa shape index (κ1) is 21.3. The maximum Gasteiger partial charge on any atom is 0.338 e. The summed E-state index contributed by atoms with van der Waals surface area (Å²) in [6.07, 6.45) is 4.91. The van der Waals surface area contributed by atoms with E-state index in [0.717, 1.165) is 4.90 Å². The fourth-order valence-corrected chi connectivity index (χ4v) is 3.91. The molecular formula is C24H22N2O6. The summed E-state index contributed by atoms with van der Waals surface area (Å²) in [5.74, 6) is -1.80. The van der Waals surface area contributed by atoms with Gasteiger partial charge in [0.2, 0.25) is 11.8 Å². The van der Waals surface area contributed by atoms with Crippen LogP contribution in [0.5, 0.6) is 5.75 Å². The number of rotatable bonds is 6. The number of hydrogen-bond acceptors (Lipinski definition) is 6. The van der Waals surface area contributed by atoms with Gasteiger partial charge in [-0.3, -0.25) is 19.3 Å². The standard InChI is InChI=1S/C24H22N2O6/c1-31-18-11-9-16(10-12-18)25-21(27)14-32-24(30)15-5-4-6-17(13-15)26-22(28)19-7-2-3-8-20(19)23(26)29/h2-6,9-13,19-20H,7-8,14H2,1H3,(H,25,27)/t19-,20+. The van der Waals surface area contributed by atoms with E-state index in [1.807, 2.05) is 12.2 Å². The summed E-state index contributed by atoms with van der Waals surface area (Å²) in [6, 6.07) is 12.8. The van der Waals surface area contributed by atoms with Gasteiger partial charge in [-0.25, -0.2) is 4.79 Å². The van der Waals surface area contributed by atoms with E-state index in [9.17, 15) is 19.2 Å². The summed E-state index contributed by atoms with van der Waals surface area (Å²) in [6.45, 7) is -0.480. The normalized spacial score (nSPS) is 19.5. The number of benzene rings is 2. The van der Waals surface area contributed by atoms with Crippen molar-refractivity contribution in [3.8, 4) is 5.75 Å². The molecule has 8 nitrogen and oxygen atoms in total. The number of carbonyl (C=O) groups excluding carboxylic acids is 4. The van der Waals surface area contributed by atoms with Crippen molar-refractivity contribution in [3.05, 3.63) is 66.2 Å². The van der Waals surface area contributed by atoms with E-state index < -0.39 is 18.5 Å². The van der Waals surface area contributed by atoms with Gasteiger partial charge in [0.25, 0.3) is 5.91 Å². The Labute approximate surface area is 184 Å². The average molecular weight is 434 g/mol. The Balaban J connectivity index is 1.38. The highest BCUT2D eigenvalue weighted by atomic mass is 16.5. The fourth-order valence-electron chi connectivity index (χ4n) is 3.91. The van der Waals surface area contributed by atoms with E-state index in [4.69, 9.17) is 9.47 Å². The number of ether oxygens (including phenoxy) is 2. The summed E-state index contributed by atoms with van der Waals surface area (Å²) in [4.78, 5) is 51.2. The van der Waals surface area contributed by atoms with E-state index in [1.54, 1.807) is 43.5 Å². The molecule has 164 valence electrons. The number of nitrogens with one attached hydrogen (secondary N) is 1. The topological polar surface area (TPSA) is 102 Å². The van der Waals surface area contributed by atoms with Crippen molar-refractivity contribution in [2.75, 3.05) is 23.9 Å². The Bertz CT molecular complexity index is 1070. The molecule has 0 radical (unpaired) electrons. The summed E-state index contributed by atoms with van der Waals surface area (Å²) < 4.78 is 10.2. The van der Waals surface area contributed by atoms with Gasteiger partial charge in [-0.05, 0) is 55.3 Å². The molecular weight excluding hydrogens is 412 g/mol. The van der Waals surface area contributed by atoms with Crippen molar-refractivity contribution in [1.29, 1.82) is 0 Å². The smallest absolute Gasteiger partial charge is 0.338 e. The van der Waals surface area contributed by atoms with Crippen LogP contribution in [0.15, 0.2) is 60.7 Å². The van der Waals surface area contributed by atoms with Gasteiger partial charge in [-0.2, -0.15) is 0 Å². The average Bonchev–Trinajstić information content (AvgIpc) is 3.08. The molecule has 4 rings (SSSR count). The molecule has 1 saturated heterocycles. The fraction of sp³-hybridized carbons (Fsp3) is 0.250. The zero-order chi connectivity index (χ0) is 22.7.